The van der Waals surface area contributed by atoms with E-state index in [0.717, 1.165) is 36.2 Å². The predicted octanol–water partition coefficient (Wildman–Crippen LogP) is 1.87. The zero-order valence-corrected chi connectivity index (χ0v) is 10.4. The minimum Gasteiger partial charge on any atom is -0.334 e. The van der Waals surface area contributed by atoms with E-state index in [-0.39, 0.29) is 11.9 Å². The van der Waals surface area contributed by atoms with Crippen LogP contribution in [0.25, 0.3) is 0 Å². The van der Waals surface area contributed by atoms with Gasteiger partial charge in [-0.3, -0.25) is 4.79 Å². The fourth-order valence-corrected chi connectivity index (χ4v) is 3.23. The van der Waals surface area contributed by atoms with Crippen LogP contribution in [0.5, 0.6) is 0 Å². The topological polar surface area (TPSA) is 46.3 Å². The molecule has 4 heteroatoms. The van der Waals surface area contributed by atoms with Crippen LogP contribution < -0.4 is 5.73 Å². The van der Waals surface area contributed by atoms with Gasteiger partial charge in [0.05, 0.1) is 4.88 Å². The fourth-order valence-electron chi connectivity index (χ4n) is 2.28. The number of carbonyl (C=O) groups excluding carboxylic acids is 1. The standard InChI is InChI=1S/C12H18N2OS/c1-2-9-5-7-16-11(9)12(15)14-6-3-4-10(14)8-13/h5,7,10H,2-4,6,8,13H2,1H3. The molecule has 2 N–H and O–H groups in total. The number of amides is 1. The van der Waals surface area contributed by atoms with Crippen molar-refractivity contribution in [3.63, 3.8) is 0 Å². The molecule has 0 spiro atoms. The number of likely N-dealkylation sites (tertiary alicyclic amines) is 1. The summed E-state index contributed by atoms with van der Waals surface area (Å²) in [5.74, 6) is 0.180. The van der Waals surface area contributed by atoms with Crippen LogP contribution in [0.15, 0.2) is 11.4 Å². The molecule has 1 atom stereocenters. The summed E-state index contributed by atoms with van der Waals surface area (Å²) in [4.78, 5) is 15.2. The molecule has 0 aromatic carbocycles. The van der Waals surface area contributed by atoms with Crippen molar-refractivity contribution in [1.82, 2.24) is 4.90 Å². The highest BCUT2D eigenvalue weighted by atomic mass is 32.1. The summed E-state index contributed by atoms with van der Waals surface area (Å²) in [6, 6.07) is 2.30. The highest BCUT2D eigenvalue weighted by molar-refractivity contribution is 7.12. The first-order chi connectivity index (χ1) is 7.77. The Bertz CT molecular complexity index is 375. The van der Waals surface area contributed by atoms with Crippen LogP contribution >= 0.6 is 11.3 Å². The van der Waals surface area contributed by atoms with Crippen LogP contribution in [0.1, 0.15) is 35.0 Å². The summed E-state index contributed by atoms with van der Waals surface area (Å²) < 4.78 is 0. The Morgan fingerprint density at radius 2 is 2.50 bits per heavy atom. The molecule has 0 aliphatic carbocycles. The van der Waals surface area contributed by atoms with Crippen LogP contribution in [-0.2, 0) is 6.42 Å². The molecule has 2 heterocycles. The van der Waals surface area contributed by atoms with E-state index in [0.29, 0.717) is 6.54 Å². The van der Waals surface area contributed by atoms with Crippen molar-refractivity contribution in [3.05, 3.63) is 21.9 Å². The van der Waals surface area contributed by atoms with Crippen LogP contribution in [0, 0.1) is 0 Å². The molecule has 1 aliphatic rings. The highest BCUT2D eigenvalue weighted by Gasteiger charge is 2.29. The monoisotopic (exact) mass is 238 g/mol. The SMILES string of the molecule is CCc1ccsc1C(=O)N1CCCC1CN. The number of hydrogen-bond acceptors (Lipinski definition) is 3. The van der Waals surface area contributed by atoms with Gasteiger partial charge in [-0.1, -0.05) is 6.92 Å². The van der Waals surface area contributed by atoms with Gasteiger partial charge in [0.2, 0.25) is 0 Å². The van der Waals surface area contributed by atoms with E-state index in [9.17, 15) is 4.79 Å². The second kappa shape index (κ2) is 4.97. The maximum atomic E-state index is 12.3. The maximum Gasteiger partial charge on any atom is 0.264 e. The Morgan fingerprint density at radius 1 is 1.69 bits per heavy atom. The first-order valence-corrected chi connectivity index (χ1v) is 6.73. The van der Waals surface area contributed by atoms with Crippen molar-refractivity contribution in [1.29, 1.82) is 0 Å². The molecular weight excluding hydrogens is 220 g/mol. The van der Waals surface area contributed by atoms with Crippen LogP contribution in [-0.4, -0.2) is 29.9 Å². The largest absolute Gasteiger partial charge is 0.334 e. The van der Waals surface area contributed by atoms with Crippen molar-refractivity contribution in [2.24, 2.45) is 5.73 Å². The molecule has 0 bridgehead atoms. The first kappa shape index (κ1) is 11.6. The predicted molar refractivity (Wildman–Crippen MR) is 66.8 cm³/mol. The van der Waals surface area contributed by atoms with E-state index >= 15 is 0 Å². The highest BCUT2D eigenvalue weighted by Crippen LogP contribution is 2.24. The van der Waals surface area contributed by atoms with Gasteiger partial charge >= 0.3 is 0 Å². The minimum atomic E-state index is 0.180. The van der Waals surface area contributed by atoms with E-state index in [2.05, 4.69) is 6.92 Å². The average molecular weight is 238 g/mol. The van der Waals surface area contributed by atoms with Crippen molar-refractivity contribution in [2.45, 2.75) is 32.2 Å². The number of rotatable bonds is 3. The molecule has 1 unspecified atom stereocenters. The summed E-state index contributed by atoms with van der Waals surface area (Å²) in [7, 11) is 0. The van der Waals surface area contributed by atoms with Crippen LogP contribution in [0.3, 0.4) is 0 Å². The lowest BCUT2D eigenvalue weighted by molar-refractivity contribution is 0.0745. The molecule has 1 amide bonds. The van der Waals surface area contributed by atoms with E-state index in [1.807, 2.05) is 16.3 Å². The number of thiophene rings is 1. The van der Waals surface area contributed by atoms with Crippen molar-refractivity contribution < 1.29 is 4.79 Å². The van der Waals surface area contributed by atoms with E-state index in [4.69, 9.17) is 5.73 Å². The lowest BCUT2D eigenvalue weighted by atomic mass is 10.2. The summed E-state index contributed by atoms with van der Waals surface area (Å²) >= 11 is 1.55. The number of hydrogen-bond donors (Lipinski definition) is 1. The molecule has 88 valence electrons. The van der Waals surface area contributed by atoms with Gasteiger partial charge in [0.15, 0.2) is 0 Å². The third-order valence-electron chi connectivity index (χ3n) is 3.23. The van der Waals surface area contributed by atoms with E-state index in [1.54, 1.807) is 11.3 Å². The molecule has 1 fully saturated rings. The molecule has 2 rings (SSSR count). The van der Waals surface area contributed by atoms with Gasteiger partial charge in [-0.2, -0.15) is 0 Å². The lowest BCUT2D eigenvalue weighted by Gasteiger charge is -2.23. The molecule has 3 nitrogen and oxygen atoms in total. The quantitative estimate of drug-likeness (QED) is 0.874. The normalized spacial score (nSPS) is 20.4. The fraction of sp³-hybridized carbons (Fsp3) is 0.583. The minimum absolute atomic E-state index is 0.180. The molecule has 1 aromatic heterocycles. The number of aryl methyl sites for hydroxylation is 1. The van der Waals surface area contributed by atoms with Gasteiger partial charge in [0, 0.05) is 19.1 Å². The van der Waals surface area contributed by atoms with Crippen LogP contribution in [0.2, 0.25) is 0 Å². The molecule has 1 aromatic rings. The van der Waals surface area contributed by atoms with E-state index in [1.165, 1.54) is 0 Å². The smallest absolute Gasteiger partial charge is 0.264 e. The van der Waals surface area contributed by atoms with Gasteiger partial charge in [-0.15, -0.1) is 11.3 Å². The Labute approximate surface area is 100 Å². The zero-order valence-electron chi connectivity index (χ0n) is 9.61. The molecular formula is C12H18N2OS. The molecule has 1 aliphatic heterocycles. The average Bonchev–Trinajstić information content (AvgIpc) is 2.96. The van der Waals surface area contributed by atoms with Crippen molar-refractivity contribution in [2.75, 3.05) is 13.1 Å². The van der Waals surface area contributed by atoms with Crippen molar-refractivity contribution >= 4 is 17.2 Å². The second-order valence-electron chi connectivity index (χ2n) is 4.16. The molecule has 16 heavy (non-hydrogen) atoms. The third kappa shape index (κ3) is 1.99. The number of nitrogens with zero attached hydrogens (tertiary/aromatic N) is 1. The van der Waals surface area contributed by atoms with Gasteiger partial charge in [-0.25, -0.2) is 0 Å². The summed E-state index contributed by atoms with van der Waals surface area (Å²) in [5, 5.41) is 2.00. The van der Waals surface area contributed by atoms with Gasteiger partial charge in [-0.05, 0) is 36.3 Å². The van der Waals surface area contributed by atoms with Gasteiger partial charge in [0.1, 0.15) is 0 Å². The lowest BCUT2D eigenvalue weighted by Crippen LogP contribution is -2.39. The maximum absolute atomic E-state index is 12.3. The van der Waals surface area contributed by atoms with Crippen LogP contribution in [0.4, 0.5) is 0 Å². The zero-order chi connectivity index (χ0) is 11.5. The summed E-state index contributed by atoms with van der Waals surface area (Å²) in [6.45, 7) is 3.53. The summed E-state index contributed by atoms with van der Waals surface area (Å²) in [5.41, 5.74) is 6.86. The number of nitrogens with two attached hydrogens (primary N) is 1. The Kier molecular flexibility index (Phi) is 3.61. The van der Waals surface area contributed by atoms with Gasteiger partial charge in [0.25, 0.3) is 5.91 Å². The molecule has 1 saturated heterocycles. The molecule has 0 saturated carbocycles. The Morgan fingerprint density at radius 3 is 3.19 bits per heavy atom. The Balaban J connectivity index is 2.18. The van der Waals surface area contributed by atoms with Gasteiger partial charge < -0.3 is 10.6 Å². The van der Waals surface area contributed by atoms with E-state index < -0.39 is 0 Å². The first-order valence-electron chi connectivity index (χ1n) is 5.85. The molecule has 0 radical (unpaired) electrons. The van der Waals surface area contributed by atoms with Crippen molar-refractivity contribution in [3.8, 4) is 0 Å². The third-order valence-corrected chi connectivity index (χ3v) is 4.18. The summed E-state index contributed by atoms with van der Waals surface area (Å²) in [6.07, 6.45) is 3.06. The Hall–Kier alpha value is -0.870. The second-order valence-corrected chi connectivity index (χ2v) is 5.07. The number of carbonyl (C=O) groups is 1.